The maximum absolute atomic E-state index is 11.6. The zero-order valence-electron chi connectivity index (χ0n) is 9.49. The third kappa shape index (κ3) is 5.19. The summed E-state index contributed by atoms with van der Waals surface area (Å²) < 4.78 is 5.18. The molecule has 84 valence electrons. The van der Waals surface area contributed by atoms with E-state index in [0.717, 1.165) is 0 Å². The summed E-state index contributed by atoms with van der Waals surface area (Å²) in [4.78, 5) is 13.2. The summed E-state index contributed by atoms with van der Waals surface area (Å²) in [6.45, 7) is 6.42. The molecule has 0 aromatic rings. The molecule has 0 aliphatic heterocycles. The lowest BCUT2D eigenvalue weighted by Gasteiger charge is -2.21. The van der Waals surface area contributed by atoms with Gasteiger partial charge >= 0.3 is 0 Å². The minimum atomic E-state index is -0.390. The Morgan fingerprint density at radius 1 is 1.50 bits per heavy atom. The molecular formula is C10H21NO3. The van der Waals surface area contributed by atoms with E-state index in [1.165, 1.54) is 0 Å². The first-order valence-electron chi connectivity index (χ1n) is 5.03. The Balaban J connectivity index is 3.86. The molecule has 0 aromatic heterocycles. The third-order valence-corrected chi connectivity index (χ3v) is 2.02. The van der Waals surface area contributed by atoms with E-state index in [4.69, 9.17) is 9.84 Å². The van der Waals surface area contributed by atoms with Gasteiger partial charge in [0.2, 0.25) is 0 Å². The molecule has 0 aliphatic rings. The van der Waals surface area contributed by atoms with Crippen LogP contribution in [0.15, 0.2) is 0 Å². The van der Waals surface area contributed by atoms with Crippen LogP contribution in [0.1, 0.15) is 27.2 Å². The molecule has 1 amide bonds. The number of ether oxygens (including phenoxy) is 1. The first-order valence-corrected chi connectivity index (χ1v) is 5.03. The molecule has 14 heavy (non-hydrogen) atoms. The molecule has 0 heterocycles. The molecule has 2 atom stereocenters. The van der Waals surface area contributed by atoms with Gasteiger partial charge in [-0.1, -0.05) is 0 Å². The van der Waals surface area contributed by atoms with E-state index in [-0.39, 0.29) is 18.1 Å². The van der Waals surface area contributed by atoms with Crippen molar-refractivity contribution in [1.29, 1.82) is 0 Å². The van der Waals surface area contributed by atoms with Gasteiger partial charge in [0.05, 0.1) is 6.10 Å². The maximum atomic E-state index is 11.6. The number of nitrogens with zero attached hydrogens (tertiary/aromatic N) is 1. The van der Waals surface area contributed by atoms with Crippen molar-refractivity contribution in [3.8, 4) is 0 Å². The van der Waals surface area contributed by atoms with E-state index in [1.54, 1.807) is 25.8 Å². The van der Waals surface area contributed by atoms with E-state index < -0.39 is 0 Å². The molecule has 0 rings (SSSR count). The van der Waals surface area contributed by atoms with Gasteiger partial charge in [-0.15, -0.1) is 0 Å². The molecule has 0 fully saturated rings. The molecule has 0 saturated heterocycles. The molecule has 0 radical (unpaired) electrons. The van der Waals surface area contributed by atoms with Crippen LogP contribution in [-0.4, -0.2) is 48.3 Å². The van der Waals surface area contributed by atoms with Crippen molar-refractivity contribution in [1.82, 2.24) is 4.90 Å². The smallest absolute Gasteiger partial charge is 0.251 e. The van der Waals surface area contributed by atoms with Crippen molar-refractivity contribution in [3.63, 3.8) is 0 Å². The van der Waals surface area contributed by atoms with Crippen LogP contribution < -0.4 is 0 Å². The van der Waals surface area contributed by atoms with Crippen LogP contribution in [0.5, 0.6) is 0 Å². The molecule has 2 unspecified atom stereocenters. The Morgan fingerprint density at radius 3 is 2.50 bits per heavy atom. The van der Waals surface area contributed by atoms with E-state index in [2.05, 4.69) is 0 Å². The summed E-state index contributed by atoms with van der Waals surface area (Å²) in [5.74, 6) is -0.0347. The highest BCUT2D eigenvalue weighted by molar-refractivity contribution is 5.80. The van der Waals surface area contributed by atoms with Gasteiger partial charge in [0, 0.05) is 20.2 Å². The highest BCUT2D eigenvalue weighted by Crippen LogP contribution is 1.99. The largest absolute Gasteiger partial charge is 0.393 e. The Kier molecular flexibility index (Phi) is 6.49. The van der Waals surface area contributed by atoms with Crippen molar-refractivity contribution in [3.05, 3.63) is 0 Å². The first-order chi connectivity index (χ1) is 6.49. The number of amides is 1. The number of carbonyl (C=O) groups is 1. The first kappa shape index (κ1) is 13.4. The maximum Gasteiger partial charge on any atom is 0.251 e. The lowest BCUT2D eigenvalue weighted by Crippen LogP contribution is -2.37. The summed E-state index contributed by atoms with van der Waals surface area (Å²) >= 11 is 0. The number of hydrogen-bond acceptors (Lipinski definition) is 3. The summed E-state index contributed by atoms with van der Waals surface area (Å²) in [6, 6.07) is 0. The van der Waals surface area contributed by atoms with Crippen LogP contribution in [-0.2, 0) is 9.53 Å². The summed E-state index contributed by atoms with van der Waals surface area (Å²) in [7, 11) is 1.72. The standard InChI is InChI=1S/C10H21NO3/c1-5-14-9(3)10(13)11(4)7-6-8(2)12/h8-9,12H,5-7H2,1-4H3. The van der Waals surface area contributed by atoms with Gasteiger partial charge in [0.25, 0.3) is 5.91 Å². The summed E-state index contributed by atoms with van der Waals surface area (Å²) in [5, 5.41) is 9.06. The van der Waals surface area contributed by atoms with Crippen molar-refractivity contribution in [2.45, 2.75) is 39.4 Å². The van der Waals surface area contributed by atoms with E-state index in [0.29, 0.717) is 19.6 Å². The second-order valence-electron chi connectivity index (χ2n) is 3.50. The summed E-state index contributed by atoms with van der Waals surface area (Å²) in [6.07, 6.45) is -0.159. The molecular weight excluding hydrogens is 182 g/mol. The van der Waals surface area contributed by atoms with Crippen LogP contribution in [0.4, 0.5) is 0 Å². The predicted molar refractivity (Wildman–Crippen MR) is 55.0 cm³/mol. The monoisotopic (exact) mass is 203 g/mol. The van der Waals surface area contributed by atoms with Crippen molar-refractivity contribution in [2.24, 2.45) is 0 Å². The lowest BCUT2D eigenvalue weighted by atomic mass is 10.2. The van der Waals surface area contributed by atoms with Crippen LogP contribution >= 0.6 is 0 Å². The number of likely N-dealkylation sites (N-methyl/N-ethyl adjacent to an activating group) is 1. The Bertz CT molecular complexity index is 171. The van der Waals surface area contributed by atoms with Crippen LogP contribution in [0.25, 0.3) is 0 Å². The minimum Gasteiger partial charge on any atom is -0.393 e. The quantitative estimate of drug-likeness (QED) is 0.689. The van der Waals surface area contributed by atoms with Crippen molar-refractivity contribution in [2.75, 3.05) is 20.2 Å². The average Bonchev–Trinajstić information content (AvgIpc) is 2.13. The Morgan fingerprint density at radius 2 is 2.07 bits per heavy atom. The fraction of sp³-hybridized carbons (Fsp3) is 0.900. The molecule has 4 heteroatoms. The highest BCUT2D eigenvalue weighted by Gasteiger charge is 2.17. The average molecular weight is 203 g/mol. The fourth-order valence-electron chi connectivity index (χ4n) is 1.12. The van der Waals surface area contributed by atoms with Crippen molar-refractivity contribution < 1.29 is 14.6 Å². The van der Waals surface area contributed by atoms with Gasteiger partial charge in [-0.25, -0.2) is 0 Å². The van der Waals surface area contributed by atoms with E-state index >= 15 is 0 Å². The second-order valence-corrected chi connectivity index (χ2v) is 3.50. The van der Waals surface area contributed by atoms with Gasteiger partial charge in [-0.05, 0) is 27.2 Å². The Labute approximate surface area is 85.9 Å². The zero-order chi connectivity index (χ0) is 11.1. The number of carbonyl (C=O) groups excluding carboxylic acids is 1. The van der Waals surface area contributed by atoms with E-state index in [9.17, 15) is 4.79 Å². The molecule has 0 spiro atoms. The Hall–Kier alpha value is -0.610. The van der Waals surface area contributed by atoms with E-state index in [1.807, 2.05) is 6.92 Å². The van der Waals surface area contributed by atoms with Crippen LogP contribution in [0.3, 0.4) is 0 Å². The molecule has 0 saturated carbocycles. The number of hydrogen-bond donors (Lipinski definition) is 1. The number of aliphatic hydroxyl groups is 1. The van der Waals surface area contributed by atoms with Gasteiger partial charge in [0.15, 0.2) is 0 Å². The van der Waals surface area contributed by atoms with Crippen LogP contribution in [0, 0.1) is 0 Å². The molecule has 4 nitrogen and oxygen atoms in total. The van der Waals surface area contributed by atoms with Gasteiger partial charge in [-0.3, -0.25) is 4.79 Å². The topological polar surface area (TPSA) is 49.8 Å². The normalized spacial score (nSPS) is 14.9. The fourth-order valence-corrected chi connectivity index (χ4v) is 1.12. The van der Waals surface area contributed by atoms with Gasteiger partial charge in [-0.2, -0.15) is 0 Å². The van der Waals surface area contributed by atoms with Crippen molar-refractivity contribution >= 4 is 5.91 Å². The number of aliphatic hydroxyl groups excluding tert-OH is 1. The zero-order valence-corrected chi connectivity index (χ0v) is 9.49. The van der Waals surface area contributed by atoms with Gasteiger partial charge < -0.3 is 14.7 Å². The van der Waals surface area contributed by atoms with Gasteiger partial charge in [0.1, 0.15) is 6.10 Å². The SMILES string of the molecule is CCOC(C)C(=O)N(C)CCC(C)O. The lowest BCUT2D eigenvalue weighted by molar-refractivity contribution is -0.141. The second kappa shape index (κ2) is 6.79. The summed E-state index contributed by atoms with van der Waals surface area (Å²) in [5.41, 5.74) is 0. The minimum absolute atomic E-state index is 0.0347. The molecule has 0 bridgehead atoms. The molecule has 0 aliphatic carbocycles. The third-order valence-electron chi connectivity index (χ3n) is 2.02. The van der Waals surface area contributed by atoms with Crippen LogP contribution in [0.2, 0.25) is 0 Å². The molecule has 1 N–H and O–H groups in total. The number of rotatable bonds is 6. The highest BCUT2D eigenvalue weighted by atomic mass is 16.5. The predicted octanol–water partition coefficient (Wildman–Crippen LogP) is 0.641. The molecule has 0 aromatic carbocycles.